The molecule has 2 heterocycles. The van der Waals surface area contributed by atoms with Crippen LogP contribution in [0.25, 0.3) is 0 Å². The minimum atomic E-state index is -3.09. The van der Waals surface area contributed by atoms with E-state index < -0.39 is 15.8 Å². The Kier molecular flexibility index (Phi) is 5.74. The first-order valence-electron chi connectivity index (χ1n) is 9.36. The summed E-state index contributed by atoms with van der Waals surface area (Å²) in [6, 6.07) is 6.45. The van der Waals surface area contributed by atoms with Crippen LogP contribution in [0.1, 0.15) is 26.7 Å². The van der Waals surface area contributed by atoms with Crippen LogP contribution in [0.5, 0.6) is 0 Å². The lowest BCUT2D eigenvalue weighted by molar-refractivity contribution is -0.129. The van der Waals surface area contributed by atoms with Crippen LogP contribution >= 0.6 is 0 Å². The van der Waals surface area contributed by atoms with Gasteiger partial charge in [-0.2, -0.15) is 0 Å². The van der Waals surface area contributed by atoms with Crippen molar-refractivity contribution in [1.29, 1.82) is 0 Å². The second-order valence-electron chi connectivity index (χ2n) is 7.71. The number of hydrogen-bond acceptors (Lipinski definition) is 5. The third-order valence-corrected chi connectivity index (χ3v) is 6.87. The van der Waals surface area contributed by atoms with Gasteiger partial charge >= 0.3 is 0 Å². The molecule has 9 heteroatoms. The highest BCUT2D eigenvalue weighted by atomic mass is 32.2. The van der Waals surface area contributed by atoms with Crippen LogP contribution in [0, 0.1) is 11.8 Å². The molecule has 0 bridgehead atoms. The van der Waals surface area contributed by atoms with E-state index in [2.05, 4.69) is 10.6 Å². The normalized spacial score (nSPS) is 23.8. The van der Waals surface area contributed by atoms with Crippen molar-refractivity contribution >= 4 is 38.9 Å². The van der Waals surface area contributed by atoms with Crippen molar-refractivity contribution in [3.05, 3.63) is 24.3 Å². The molecule has 2 aliphatic rings. The number of anilines is 2. The SMILES string of the molecule is CC(C)C(=O)Nc1ccc(NC(=O)[C@H]2CC(=O)N([C@@H]3CCS(=O)(=O)C3)C2)cc1. The quantitative estimate of drug-likeness (QED) is 0.763. The summed E-state index contributed by atoms with van der Waals surface area (Å²) in [5, 5.41) is 5.56. The summed E-state index contributed by atoms with van der Waals surface area (Å²) in [4.78, 5) is 38.0. The Balaban J connectivity index is 1.56. The van der Waals surface area contributed by atoms with E-state index in [9.17, 15) is 22.8 Å². The van der Waals surface area contributed by atoms with Gasteiger partial charge in [-0.3, -0.25) is 14.4 Å². The fourth-order valence-corrected chi connectivity index (χ4v) is 5.18. The first-order chi connectivity index (χ1) is 13.1. The van der Waals surface area contributed by atoms with E-state index in [1.165, 1.54) is 0 Å². The molecular weight excluding hydrogens is 382 g/mol. The van der Waals surface area contributed by atoms with E-state index in [1.54, 1.807) is 43.0 Å². The van der Waals surface area contributed by atoms with Crippen LogP contribution in [0.2, 0.25) is 0 Å². The average molecular weight is 407 g/mol. The molecule has 0 radical (unpaired) electrons. The number of likely N-dealkylation sites (tertiary alicyclic amines) is 1. The Labute approximate surface area is 164 Å². The zero-order chi connectivity index (χ0) is 20.5. The third kappa shape index (κ3) is 4.70. The number of rotatable bonds is 5. The summed E-state index contributed by atoms with van der Waals surface area (Å²) in [5.74, 6) is -1.08. The highest BCUT2D eigenvalue weighted by Crippen LogP contribution is 2.27. The number of sulfone groups is 1. The van der Waals surface area contributed by atoms with Crippen LogP contribution in [0.4, 0.5) is 11.4 Å². The molecule has 3 amide bonds. The number of amides is 3. The van der Waals surface area contributed by atoms with Gasteiger partial charge in [0.15, 0.2) is 9.84 Å². The maximum Gasteiger partial charge on any atom is 0.229 e. The molecule has 0 aromatic heterocycles. The largest absolute Gasteiger partial charge is 0.338 e. The molecule has 152 valence electrons. The van der Waals surface area contributed by atoms with Gasteiger partial charge in [-0.1, -0.05) is 13.8 Å². The van der Waals surface area contributed by atoms with Crippen molar-refractivity contribution in [1.82, 2.24) is 4.90 Å². The Morgan fingerprint density at radius 3 is 2.25 bits per heavy atom. The highest BCUT2D eigenvalue weighted by Gasteiger charge is 2.41. The molecule has 2 N–H and O–H groups in total. The summed E-state index contributed by atoms with van der Waals surface area (Å²) in [5.41, 5.74) is 1.21. The Morgan fingerprint density at radius 2 is 1.71 bits per heavy atom. The minimum Gasteiger partial charge on any atom is -0.338 e. The molecule has 2 aliphatic heterocycles. The molecule has 28 heavy (non-hydrogen) atoms. The Morgan fingerprint density at radius 1 is 1.11 bits per heavy atom. The molecule has 0 unspecified atom stereocenters. The maximum atomic E-state index is 12.5. The lowest BCUT2D eigenvalue weighted by Crippen LogP contribution is -2.38. The van der Waals surface area contributed by atoms with Gasteiger partial charge in [0.05, 0.1) is 17.4 Å². The summed E-state index contributed by atoms with van der Waals surface area (Å²) >= 11 is 0. The molecule has 1 aromatic rings. The second kappa shape index (κ2) is 7.90. The number of carbonyl (C=O) groups is 3. The van der Waals surface area contributed by atoms with E-state index in [-0.39, 0.29) is 54.2 Å². The highest BCUT2D eigenvalue weighted by molar-refractivity contribution is 7.91. The zero-order valence-corrected chi connectivity index (χ0v) is 16.8. The van der Waals surface area contributed by atoms with Gasteiger partial charge in [0.25, 0.3) is 0 Å². The number of benzene rings is 1. The molecule has 2 fully saturated rings. The summed E-state index contributed by atoms with van der Waals surface area (Å²) in [6.45, 7) is 3.85. The van der Waals surface area contributed by atoms with E-state index in [4.69, 9.17) is 0 Å². The number of hydrogen-bond donors (Lipinski definition) is 2. The molecule has 3 rings (SSSR count). The maximum absolute atomic E-state index is 12.5. The summed E-state index contributed by atoms with van der Waals surface area (Å²) in [6.07, 6.45) is 0.525. The zero-order valence-electron chi connectivity index (χ0n) is 16.0. The van der Waals surface area contributed by atoms with Gasteiger partial charge in [-0.15, -0.1) is 0 Å². The Bertz CT molecular complexity index is 879. The van der Waals surface area contributed by atoms with Crippen molar-refractivity contribution in [2.75, 3.05) is 28.7 Å². The van der Waals surface area contributed by atoms with Gasteiger partial charge in [0.2, 0.25) is 17.7 Å². The predicted octanol–water partition coefficient (Wildman–Crippen LogP) is 1.26. The number of nitrogens with zero attached hydrogens (tertiary/aromatic N) is 1. The Hall–Kier alpha value is -2.42. The standard InChI is InChI=1S/C19H25N3O5S/c1-12(2)18(24)20-14-3-5-15(6-4-14)21-19(25)13-9-17(23)22(10-13)16-7-8-28(26,27)11-16/h3-6,12-13,16H,7-11H2,1-2H3,(H,20,24)(H,21,25)/t13-,16+/m0/s1. The molecule has 8 nitrogen and oxygen atoms in total. The molecular formula is C19H25N3O5S. The van der Waals surface area contributed by atoms with E-state index in [0.717, 1.165) is 0 Å². The van der Waals surface area contributed by atoms with Crippen LogP contribution in [-0.4, -0.2) is 55.1 Å². The monoisotopic (exact) mass is 407 g/mol. The average Bonchev–Trinajstić information content (AvgIpc) is 3.18. The number of carbonyl (C=O) groups excluding carboxylic acids is 3. The molecule has 0 saturated carbocycles. The van der Waals surface area contributed by atoms with Gasteiger partial charge in [-0.05, 0) is 30.7 Å². The first kappa shape index (κ1) is 20.3. The molecule has 2 saturated heterocycles. The first-order valence-corrected chi connectivity index (χ1v) is 11.2. The minimum absolute atomic E-state index is 0.0172. The van der Waals surface area contributed by atoms with Crippen molar-refractivity contribution in [2.45, 2.75) is 32.7 Å². The lowest BCUT2D eigenvalue weighted by Gasteiger charge is -2.22. The predicted molar refractivity (Wildman–Crippen MR) is 105 cm³/mol. The van der Waals surface area contributed by atoms with Crippen LogP contribution in [-0.2, 0) is 24.2 Å². The van der Waals surface area contributed by atoms with Crippen LogP contribution in [0.15, 0.2) is 24.3 Å². The second-order valence-corrected chi connectivity index (χ2v) is 9.94. The van der Waals surface area contributed by atoms with Gasteiger partial charge in [0.1, 0.15) is 0 Å². The molecule has 2 atom stereocenters. The fourth-order valence-electron chi connectivity index (χ4n) is 3.45. The topological polar surface area (TPSA) is 113 Å². The van der Waals surface area contributed by atoms with E-state index in [0.29, 0.717) is 17.8 Å². The molecule has 0 spiro atoms. The van der Waals surface area contributed by atoms with Gasteiger partial charge in [0, 0.05) is 36.3 Å². The number of nitrogens with one attached hydrogen (secondary N) is 2. The smallest absolute Gasteiger partial charge is 0.229 e. The fraction of sp³-hybridized carbons (Fsp3) is 0.526. The summed E-state index contributed by atoms with van der Waals surface area (Å²) in [7, 11) is -3.09. The van der Waals surface area contributed by atoms with Gasteiger partial charge in [-0.25, -0.2) is 8.42 Å². The summed E-state index contributed by atoms with van der Waals surface area (Å²) < 4.78 is 23.3. The van der Waals surface area contributed by atoms with Crippen molar-refractivity contribution in [3.63, 3.8) is 0 Å². The van der Waals surface area contributed by atoms with Gasteiger partial charge < -0.3 is 15.5 Å². The molecule has 0 aliphatic carbocycles. The lowest BCUT2D eigenvalue weighted by atomic mass is 10.1. The van der Waals surface area contributed by atoms with Crippen molar-refractivity contribution in [3.8, 4) is 0 Å². The third-order valence-electron chi connectivity index (χ3n) is 5.12. The van der Waals surface area contributed by atoms with Crippen LogP contribution in [0.3, 0.4) is 0 Å². The molecule has 1 aromatic carbocycles. The van der Waals surface area contributed by atoms with E-state index >= 15 is 0 Å². The van der Waals surface area contributed by atoms with Crippen molar-refractivity contribution in [2.24, 2.45) is 11.8 Å². The van der Waals surface area contributed by atoms with E-state index in [1.807, 2.05) is 0 Å². The van der Waals surface area contributed by atoms with Crippen molar-refractivity contribution < 1.29 is 22.8 Å². The van der Waals surface area contributed by atoms with Crippen LogP contribution < -0.4 is 10.6 Å².